The molecule has 0 fully saturated rings. The van der Waals surface area contributed by atoms with Crippen molar-refractivity contribution in [3.8, 4) is 5.75 Å². The molecule has 1 N–H and O–H groups in total. The molecule has 2 rings (SSSR count). The molecule has 1 aliphatic rings. The zero-order valence-corrected chi connectivity index (χ0v) is 14.3. The van der Waals surface area contributed by atoms with Crippen molar-refractivity contribution in [2.75, 3.05) is 21.2 Å². The highest BCUT2D eigenvalue weighted by molar-refractivity contribution is 5.40. The summed E-state index contributed by atoms with van der Waals surface area (Å²) in [5.74, 6) is 1.62. The molecule has 0 heterocycles. The van der Waals surface area contributed by atoms with Gasteiger partial charge in [-0.2, -0.15) is 0 Å². The van der Waals surface area contributed by atoms with E-state index in [1.807, 2.05) is 0 Å². The van der Waals surface area contributed by atoms with Gasteiger partial charge in [-0.3, -0.25) is 4.90 Å². The summed E-state index contributed by atoms with van der Waals surface area (Å²) >= 11 is 0. The maximum Gasteiger partial charge on any atom is 0.119 e. The maximum atomic E-state index is 5.41. The van der Waals surface area contributed by atoms with Crippen LogP contribution in [0.4, 0.5) is 0 Å². The predicted molar refractivity (Wildman–Crippen MR) is 89.0 cm³/mol. The number of benzene rings is 1. The van der Waals surface area contributed by atoms with Crippen molar-refractivity contribution in [2.24, 2.45) is 5.92 Å². The normalized spacial score (nSPS) is 23.2. The Hall–Kier alpha value is -1.06. The number of nitrogens with zero attached hydrogens (tertiary/aromatic N) is 1. The van der Waals surface area contributed by atoms with Gasteiger partial charge in [0.15, 0.2) is 0 Å². The van der Waals surface area contributed by atoms with Crippen molar-refractivity contribution >= 4 is 0 Å². The number of hydrogen-bond donors (Lipinski definition) is 1. The molecule has 3 atom stereocenters. The maximum absolute atomic E-state index is 5.41. The largest absolute Gasteiger partial charge is 0.497 e. The van der Waals surface area contributed by atoms with Crippen molar-refractivity contribution < 1.29 is 4.74 Å². The number of aryl methyl sites for hydroxylation is 1. The zero-order valence-electron chi connectivity index (χ0n) is 14.3. The third-order valence-electron chi connectivity index (χ3n) is 5.22. The molecule has 1 aromatic carbocycles. The Labute approximate surface area is 129 Å². The van der Waals surface area contributed by atoms with Crippen LogP contribution in [0.25, 0.3) is 0 Å². The first-order valence-corrected chi connectivity index (χ1v) is 8.05. The average Bonchev–Trinajstić information content (AvgIpc) is 2.51. The van der Waals surface area contributed by atoms with Crippen LogP contribution in [0.3, 0.4) is 0 Å². The Kier molecular flexibility index (Phi) is 5.28. The predicted octanol–water partition coefficient (Wildman–Crippen LogP) is 3.25. The minimum Gasteiger partial charge on any atom is -0.497 e. The molecule has 3 heteroatoms. The van der Waals surface area contributed by atoms with Crippen LogP contribution in [0.5, 0.6) is 5.75 Å². The van der Waals surface area contributed by atoms with Gasteiger partial charge in [0.05, 0.1) is 7.11 Å². The lowest BCUT2D eigenvalue weighted by molar-refractivity contribution is 0.108. The Morgan fingerprint density at radius 1 is 1.29 bits per heavy atom. The summed E-state index contributed by atoms with van der Waals surface area (Å²) in [7, 11) is 6.08. The second kappa shape index (κ2) is 6.80. The molecule has 1 aliphatic carbocycles. The van der Waals surface area contributed by atoms with E-state index in [4.69, 9.17) is 4.74 Å². The highest BCUT2D eigenvalue weighted by Crippen LogP contribution is 2.35. The summed E-state index contributed by atoms with van der Waals surface area (Å²) in [6.45, 7) is 6.93. The lowest BCUT2D eigenvalue weighted by atomic mass is 9.82. The minimum atomic E-state index is 0.370. The number of nitrogens with one attached hydrogen (secondary N) is 1. The first-order valence-electron chi connectivity index (χ1n) is 8.05. The molecule has 118 valence electrons. The SMILES string of the molecule is CNC1c2cc(OC)ccc2CCC1N(C)C(C)C(C)C. The molecule has 0 aliphatic heterocycles. The molecule has 0 amide bonds. The van der Waals surface area contributed by atoms with Gasteiger partial charge < -0.3 is 10.1 Å². The van der Waals surface area contributed by atoms with E-state index < -0.39 is 0 Å². The summed E-state index contributed by atoms with van der Waals surface area (Å²) in [6, 6.07) is 7.99. The molecule has 0 spiro atoms. The summed E-state index contributed by atoms with van der Waals surface area (Å²) in [5.41, 5.74) is 2.85. The smallest absolute Gasteiger partial charge is 0.119 e. The number of ether oxygens (including phenoxy) is 1. The Bertz CT molecular complexity index is 472. The number of methoxy groups -OCH3 is 1. The summed E-state index contributed by atoms with van der Waals surface area (Å²) in [5, 5.41) is 3.54. The first-order chi connectivity index (χ1) is 9.99. The van der Waals surface area contributed by atoms with Crippen LogP contribution in [0.15, 0.2) is 18.2 Å². The van der Waals surface area contributed by atoms with Crippen molar-refractivity contribution in [1.29, 1.82) is 0 Å². The highest BCUT2D eigenvalue weighted by atomic mass is 16.5. The molecule has 1 aromatic rings. The van der Waals surface area contributed by atoms with Gasteiger partial charge in [0.2, 0.25) is 0 Å². The third kappa shape index (κ3) is 3.24. The second-order valence-electron chi connectivity index (χ2n) is 6.59. The number of likely N-dealkylation sites (N-methyl/N-ethyl adjacent to an activating group) is 2. The van der Waals surface area contributed by atoms with E-state index in [-0.39, 0.29) is 0 Å². The monoisotopic (exact) mass is 290 g/mol. The molecule has 0 saturated heterocycles. The molecular weight excluding hydrogens is 260 g/mol. The van der Waals surface area contributed by atoms with Gasteiger partial charge in [-0.05, 0) is 63.0 Å². The van der Waals surface area contributed by atoms with E-state index in [1.54, 1.807) is 7.11 Å². The first kappa shape index (κ1) is 16.3. The van der Waals surface area contributed by atoms with E-state index in [0.717, 1.165) is 12.2 Å². The van der Waals surface area contributed by atoms with Gasteiger partial charge in [0.1, 0.15) is 5.75 Å². The van der Waals surface area contributed by atoms with Gasteiger partial charge in [0.25, 0.3) is 0 Å². The Balaban J connectivity index is 2.30. The molecular formula is C18H30N2O. The van der Waals surface area contributed by atoms with E-state index in [9.17, 15) is 0 Å². The highest BCUT2D eigenvalue weighted by Gasteiger charge is 2.33. The minimum absolute atomic E-state index is 0.370. The third-order valence-corrected chi connectivity index (χ3v) is 5.22. The van der Waals surface area contributed by atoms with Crippen LogP contribution in [0, 0.1) is 5.92 Å². The fourth-order valence-electron chi connectivity index (χ4n) is 3.45. The van der Waals surface area contributed by atoms with Gasteiger partial charge in [-0.1, -0.05) is 19.9 Å². The molecule has 3 nitrogen and oxygen atoms in total. The topological polar surface area (TPSA) is 24.5 Å². The average molecular weight is 290 g/mol. The van der Waals surface area contributed by atoms with E-state index in [0.29, 0.717) is 24.0 Å². The Morgan fingerprint density at radius 3 is 2.57 bits per heavy atom. The molecule has 3 unspecified atom stereocenters. The number of rotatable bonds is 5. The van der Waals surface area contributed by atoms with Crippen LogP contribution < -0.4 is 10.1 Å². The van der Waals surface area contributed by atoms with Crippen LogP contribution in [-0.2, 0) is 6.42 Å². The van der Waals surface area contributed by atoms with Gasteiger partial charge >= 0.3 is 0 Å². The lowest BCUT2D eigenvalue weighted by Crippen LogP contribution is -2.49. The fraction of sp³-hybridized carbons (Fsp3) is 0.667. The lowest BCUT2D eigenvalue weighted by Gasteiger charge is -2.43. The molecule has 0 radical (unpaired) electrons. The fourth-order valence-corrected chi connectivity index (χ4v) is 3.45. The van der Waals surface area contributed by atoms with E-state index >= 15 is 0 Å². The van der Waals surface area contributed by atoms with Gasteiger partial charge in [0, 0.05) is 18.1 Å². The van der Waals surface area contributed by atoms with Crippen LogP contribution in [0.1, 0.15) is 44.4 Å². The number of hydrogen-bond acceptors (Lipinski definition) is 3. The van der Waals surface area contributed by atoms with Crippen molar-refractivity contribution in [3.05, 3.63) is 29.3 Å². The van der Waals surface area contributed by atoms with Crippen LogP contribution in [-0.4, -0.2) is 38.2 Å². The summed E-state index contributed by atoms with van der Waals surface area (Å²) in [4.78, 5) is 2.55. The van der Waals surface area contributed by atoms with Gasteiger partial charge in [-0.25, -0.2) is 0 Å². The summed E-state index contributed by atoms with van der Waals surface area (Å²) in [6.07, 6.45) is 2.36. The molecule has 0 bridgehead atoms. The van der Waals surface area contributed by atoms with Crippen molar-refractivity contribution in [1.82, 2.24) is 10.2 Å². The van der Waals surface area contributed by atoms with Gasteiger partial charge in [-0.15, -0.1) is 0 Å². The molecule has 21 heavy (non-hydrogen) atoms. The van der Waals surface area contributed by atoms with Crippen molar-refractivity contribution in [3.63, 3.8) is 0 Å². The molecule has 0 saturated carbocycles. The van der Waals surface area contributed by atoms with E-state index in [1.165, 1.54) is 17.5 Å². The van der Waals surface area contributed by atoms with Crippen LogP contribution in [0.2, 0.25) is 0 Å². The zero-order chi connectivity index (χ0) is 15.6. The van der Waals surface area contributed by atoms with E-state index in [2.05, 4.69) is 63.3 Å². The molecule has 0 aromatic heterocycles. The van der Waals surface area contributed by atoms with Crippen molar-refractivity contribution in [2.45, 2.75) is 51.7 Å². The second-order valence-corrected chi connectivity index (χ2v) is 6.59. The number of fused-ring (bicyclic) bond motifs is 1. The Morgan fingerprint density at radius 2 is 2.00 bits per heavy atom. The quantitative estimate of drug-likeness (QED) is 0.901. The van der Waals surface area contributed by atoms with Crippen LogP contribution >= 0.6 is 0 Å². The standard InChI is InChI=1S/C18H30N2O/c1-12(2)13(3)20(5)17-10-8-14-7-9-15(21-6)11-16(14)18(17)19-4/h7,9,11-13,17-19H,8,10H2,1-6H3. The summed E-state index contributed by atoms with van der Waals surface area (Å²) < 4.78 is 5.41.